The number of hydrogen-bond donors (Lipinski definition) is 2. The van der Waals surface area contributed by atoms with Crippen LogP contribution in [0, 0.1) is 0 Å². The van der Waals surface area contributed by atoms with E-state index < -0.39 is 24.0 Å². The Hall–Kier alpha value is -3.24. The minimum Gasteiger partial charge on any atom is -0.467 e. The number of esters is 2. The highest BCUT2D eigenvalue weighted by molar-refractivity contribution is 8.06. The van der Waals surface area contributed by atoms with Gasteiger partial charge >= 0.3 is 11.9 Å². The molecule has 40 heavy (non-hydrogen) atoms. The molecule has 2 amide bonds. The van der Waals surface area contributed by atoms with Gasteiger partial charge in [0.05, 0.1) is 14.2 Å². The van der Waals surface area contributed by atoms with E-state index in [2.05, 4.69) is 17.6 Å². The van der Waals surface area contributed by atoms with E-state index in [-0.39, 0.29) is 23.3 Å². The number of carbonyl (C=O) groups is 4. The summed E-state index contributed by atoms with van der Waals surface area (Å²) in [5, 5.41) is 7.47. The summed E-state index contributed by atoms with van der Waals surface area (Å²) in [5.41, 5.74) is 0.911. The number of ether oxygens (including phenoxy) is 2. The third kappa shape index (κ3) is 11.9. The number of nitrogens with one attached hydrogen (secondary N) is 2. The van der Waals surface area contributed by atoms with Crippen LogP contribution >= 0.6 is 23.5 Å². The van der Waals surface area contributed by atoms with Crippen LogP contribution in [0.25, 0.3) is 0 Å². The Balaban J connectivity index is 2.08. The van der Waals surface area contributed by atoms with Gasteiger partial charge in [-0.15, -0.1) is 23.5 Å². The zero-order chi connectivity index (χ0) is 29.2. The first-order valence-corrected chi connectivity index (χ1v) is 15.2. The van der Waals surface area contributed by atoms with Crippen LogP contribution in [0.5, 0.6) is 0 Å². The molecule has 0 saturated heterocycles. The molecular weight excluding hydrogens is 548 g/mol. The van der Waals surface area contributed by atoms with Crippen molar-refractivity contribution in [3.63, 3.8) is 0 Å². The fourth-order valence-electron chi connectivity index (χ4n) is 3.60. The van der Waals surface area contributed by atoms with Crippen molar-refractivity contribution in [2.75, 3.05) is 25.7 Å². The monoisotopic (exact) mass is 586 g/mol. The lowest BCUT2D eigenvalue weighted by molar-refractivity contribution is -0.143. The molecule has 2 N–H and O–H groups in total. The second-order valence-electron chi connectivity index (χ2n) is 8.87. The zero-order valence-electron chi connectivity index (χ0n) is 23.2. The van der Waals surface area contributed by atoms with Crippen molar-refractivity contribution >= 4 is 47.3 Å². The average Bonchev–Trinajstić information content (AvgIpc) is 3.00. The van der Waals surface area contributed by atoms with Gasteiger partial charge in [0.15, 0.2) is 0 Å². The third-order valence-electron chi connectivity index (χ3n) is 5.84. The number of amides is 2. The van der Waals surface area contributed by atoms with Gasteiger partial charge in [0, 0.05) is 22.6 Å². The molecule has 0 fully saturated rings. The van der Waals surface area contributed by atoms with E-state index in [1.54, 1.807) is 48.5 Å². The van der Waals surface area contributed by atoms with Gasteiger partial charge in [0.1, 0.15) is 12.1 Å². The number of methoxy groups -OCH3 is 2. The van der Waals surface area contributed by atoms with Crippen LogP contribution in [0.4, 0.5) is 0 Å². The standard InChI is InChI=1S/C30H38N2O6S2/c1-4-5-6-13-18-24(40-21-26(30(36)38-3)32-28(34)23-16-11-8-12-17-23)19-39-20-25(29(35)37-2)31-27(33)22-14-9-7-10-15-22/h7-12,14-17,19,25-26H,4-6,13,18,20-21H2,1-3H3,(H,31,33)(H,32,34)/b24-19-/t25-,26-/m0/s1. The topological polar surface area (TPSA) is 111 Å². The Morgan fingerprint density at radius 2 is 1.25 bits per heavy atom. The number of rotatable bonds is 17. The Morgan fingerprint density at radius 3 is 1.73 bits per heavy atom. The molecule has 216 valence electrons. The highest BCUT2D eigenvalue weighted by Crippen LogP contribution is 2.27. The van der Waals surface area contributed by atoms with Crippen LogP contribution in [0.2, 0.25) is 0 Å². The fraction of sp³-hybridized carbons (Fsp3) is 0.400. The Morgan fingerprint density at radius 1 is 0.750 bits per heavy atom. The van der Waals surface area contributed by atoms with Gasteiger partial charge in [-0.2, -0.15) is 0 Å². The van der Waals surface area contributed by atoms with Crippen molar-refractivity contribution in [1.82, 2.24) is 10.6 Å². The lowest BCUT2D eigenvalue weighted by Gasteiger charge is -2.18. The highest BCUT2D eigenvalue weighted by atomic mass is 32.2. The lowest BCUT2D eigenvalue weighted by atomic mass is 10.1. The fourth-order valence-corrected chi connectivity index (χ4v) is 5.78. The van der Waals surface area contributed by atoms with Crippen LogP contribution in [-0.4, -0.2) is 61.6 Å². The van der Waals surface area contributed by atoms with Crippen LogP contribution in [0.15, 0.2) is 71.0 Å². The smallest absolute Gasteiger partial charge is 0.329 e. The quantitative estimate of drug-likeness (QED) is 0.192. The van der Waals surface area contributed by atoms with Gasteiger partial charge < -0.3 is 20.1 Å². The van der Waals surface area contributed by atoms with E-state index in [9.17, 15) is 19.2 Å². The third-order valence-corrected chi connectivity index (χ3v) is 8.16. The number of thioether (sulfide) groups is 2. The van der Waals surface area contributed by atoms with E-state index in [0.717, 1.165) is 37.0 Å². The number of carbonyl (C=O) groups excluding carboxylic acids is 4. The maximum Gasteiger partial charge on any atom is 0.329 e. The van der Waals surface area contributed by atoms with Gasteiger partial charge in [-0.1, -0.05) is 62.6 Å². The Bertz CT molecular complexity index is 1110. The first kappa shape index (κ1) is 33.0. The SMILES string of the molecule is CCCCCC/C(=C/SC[C@H](NC(=O)c1ccccc1)C(=O)OC)SC[C@H](NC(=O)c1ccccc1)C(=O)OC. The summed E-state index contributed by atoms with van der Waals surface area (Å²) in [5.74, 6) is -1.20. The predicted octanol–water partition coefficient (Wildman–Crippen LogP) is 5.21. The van der Waals surface area contributed by atoms with Crippen LogP contribution < -0.4 is 10.6 Å². The van der Waals surface area contributed by atoms with E-state index in [1.807, 2.05) is 17.5 Å². The molecule has 0 aliphatic heterocycles. The van der Waals surface area contributed by atoms with E-state index in [1.165, 1.54) is 37.7 Å². The molecule has 2 atom stereocenters. The van der Waals surface area contributed by atoms with E-state index in [4.69, 9.17) is 9.47 Å². The summed E-state index contributed by atoms with van der Waals surface area (Å²) >= 11 is 2.86. The normalized spacial score (nSPS) is 12.6. The second-order valence-corrected chi connectivity index (χ2v) is 10.9. The van der Waals surface area contributed by atoms with Crippen molar-refractivity contribution in [3.05, 3.63) is 82.1 Å². The molecular formula is C30H38N2O6S2. The Kier molecular flexibility index (Phi) is 15.6. The van der Waals surface area contributed by atoms with Crippen molar-refractivity contribution in [2.24, 2.45) is 0 Å². The molecule has 0 spiro atoms. The molecule has 0 heterocycles. The van der Waals surface area contributed by atoms with Crippen molar-refractivity contribution < 1.29 is 28.7 Å². The van der Waals surface area contributed by atoms with E-state index in [0.29, 0.717) is 11.1 Å². The maximum absolute atomic E-state index is 12.7. The number of unbranched alkanes of at least 4 members (excludes halogenated alkanes) is 3. The van der Waals surface area contributed by atoms with Gasteiger partial charge in [0.25, 0.3) is 11.8 Å². The largest absolute Gasteiger partial charge is 0.467 e. The maximum atomic E-state index is 12.7. The average molecular weight is 587 g/mol. The molecule has 0 aliphatic carbocycles. The zero-order valence-corrected chi connectivity index (χ0v) is 24.9. The minimum atomic E-state index is -0.835. The molecule has 0 bridgehead atoms. The lowest BCUT2D eigenvalue weighted by Crippen LogP contribution is -2.43. The molecule has 0 unspecified atom stereocenters. The molecule has 10 heteroatoms. The van der Waals surface area contributed by atoms with Crippen molar-refractivity contribution in [1.29, 1.82) is 0 Å². The molecule has 2 aromatic rings. The molecule has 0 aromatic heterocycles. The van der Waals surface area contributed by atoms with Crippen molar-refractivity contribution in [2.45, 2.75) is 51.1 Å². The first-order chi connectivity index (χ1) is 19.4. The molecule has 2 aromatic carbocycles. The summed E-state index contributed by atoms with van der Waals surface area (Å²) < 4.78 is 9.84. The van der Waals surface area contributed by atoms with Gasteiger partial charge in [-0.25, -0.2) is 9.59 Å². The first-order valence-electron chi connectivity index (χ1n) is 13.2. The molecule has 0 radical (unpaired) electrons. The highest BCUT2D eigenvalue weighted by Gasteiger charge is 2.24. The minimum absolute atomic E-state index is 0.273. The molecule has 2 rings (SSSR count). The number of hydrogen-bond acceptors (Lipinski definition) is 8. The molecule has 8 nitrogen and oxygen atoms in total. The number of benzene rings is 2. The van der Waals surface area contributed by atoms with Crippen LogP contribution in [-0.2, 0) is 19.1 Å². The number of allylic oxidation sites excluding steroid dienone is 1. The second kappa shape index (κ2) is 18.9. The van der Waals surface area contributed by atoms with Crippen LogP contribution in [0.3, 0.4) is 0 Å². The molecule has 0 aliphatic rings. The summed E-state index contributed by atoms with van der Waals surface area (Å²) in [6.07, 6.45) is 5.06. The van der Waals surface area contributed by atoms with Gasteiger partial charge in [0.2, 0.25) is 0 Å². The van der Waals surface area contributed by atoms with Crippen LogP contribution in [0.1, 0.15) is 59.7 Å². The summed E-state index contributed by atoms with van der Waals surface area (Å²) in [6, 6.07) is 15.7. The van der Waals surface area contributed by atoms with Gasteiger partial charge in [-0.05, 0) is 47.4 Å². The summed E-state index contributed by atoms with van der Waals surface area (Å²) in [7, 11) is 2.58. The van der Waals surface area contributed by atoms with E-state index >= 15 is 0 Å². The Labute approximate surface area is 245 Å². The van der Waals surface area contributed by atoms with Crippen molar-refractivity contribution in [3.8, 4) is 0 Å². The summed E-state index contributed by atoms with van der Waals surface area (Å²) in [4.78, 5) is 51.1. The van der Waals surface area contributed by atoms with Gasteiger partial charge in [-0.3, -0.25) is 9.59 Å². The molecule has 0 saturated carbocycles. The predicted molar refractivity (Wildman–Crippen MR) is 161 cm³/mol. The summed E-state index contributed by atoms with van der Waals surface area (Å²) in [6.45, 7) is 2.15.